The molecular formula is C11H11NOS. The van der Waals surface area contributed by atoms with Crippen molar-refractivity contribution in [1.82, 2.24) is 4.98 Å². The number of nitrogens with zero attached hydrogens (tertiary/aromatic N) is 1. The maximum atomic E-state index is 5.21. The van der Waals surface area contributed by atoms with Crippen LogP contribution in [0.1, 0.15) is 11.5 Å². The van der Waals surface area contributed by atoms with Crippen molar-refractivity contribution in [3.05, 3.63) is 48.2 Å². The number of aromatic nitrogens is 1. The van der Waals surface area contributed by atoms with Crippen LogP contribution in [0, 0.1) is 6.92 Å². The molecule has 0 spiro atoms. The van der Waals surface area contributed by atoms with Gasteiger partial charge in [-0.05, 0) is 25.1 Å². The average Bonchev–Trinajstić information content (AvgIpc) is 2.63. The van der Waals surface area contributed by atoms with E-state index in [1.54, 1.807) is 18.0 Å². The van der Waals surface area contributed by atoms with E-state index in [9.17, 15) is 0 Å². The van der Waals surface area contributed by atoms with Gasteiger partial charge in [-0.2, -0.15) is 0 Å². The summed E-state index contributed by atoms with van der Waals surface area (Å²) in [6.07, 6.45) is 3.54. The Morgan fingerprint density at radius 2 is 2.29 bits per heavy atom. The molecule has 0 unspecified atom stereocenters. The van der Waals surface area contributed by atoms with E-state index in [1.807, 2.05) is 37.4 Å². The summed E-state index contributed by atoms with van der Waals surface area (Å²) in [6.45, 7) is 1.97. The van der Waals surface area contributed by atoms with Crippen molar-refractivity contribution < 1.29 is 4.42 Å². The minimum absolute atomic E-state index is 0.890. The number of aryl methyl sites for hydroxylation is 1. The first-order valence-electron chi connectivity index (χ1n) is 4.43. The average molecular weight is 205 g/mol. The number of hydrogen-bond acceptors (Lipinski definition) is 3. The Bertz CT molecular complexity index is 397. The van der Waals surface area contributed by atoms with E-state index in [0.717, 1.165) is 17.2 Å². The number of pyridine rings is 1. The molecule has 3 heteroatoms. The van der Waals surface area contributed by atoms with E-state index in [-0.39, 0.29) is 0 Å². The summed E-state index contributed by atoms with van der Waals surface area (Å²) < 4.78 is 5.21. The molecule has 0 atom stereocenters. The van der Waals surface area contributed by atoms with Crippen LogP contribution in [0.5, 0.6) is 0 Å². The predicted octanol–water partition coefficient (Wildman–Crippen LogP) is 3.28. The van der Waals surface area contributed by atoms with Crippen molar-refractivity contribution in [1.29, 1.82) is 0 Å². The minimum Gasteiger partial charge on any atom is -0.468 e. The Morgan fingerprint density at radius 3 is 2.93 bits per heavy atom. The number of furan rings is 1. The molecule has 0 saturated carbocycles. The molecule has 14 heavy (non-hydrogen) atoms. The highest BCUT2D eigenvalue weighted by Crippen LogP contribution is 2.25. The zero-order valence-electron chi connectivity index (χ0n) is 7.93. The van der Waals surface area contributed by atoms with Crippen molar-refractivity contribution in [3.63, 3.8) is 0 Å². The quantitative estimate of drug-likeness (QED) is 0.719. The topological polar surface area (TPSA) is 26.0 Å². The highest BCUT2D eigenvalue weighted by atomic mass is 32.2. The van der Waals surface area contributed by atoms with Gasteiger partial charge in [-0.15, -0.1) is 11.8 Å². The van der Waals surface area contributed by atoms with Crippen LogP contribution in [-0.2, 0) is 5.75 Å². The molecule has 0 bridgehead atoms. The maximum absolute atomic E-state index is 5.21. The molecule has 0 fully saturated rings. The van der Waals surface area contributed by atoms with E-state index in [1.165, 1.54) is 4.90 Å². The van der Waals surface area contributed by atoms with Gasteiger partial charge < -0.3 is 4.42 Å². The highest BCUT2D eigenvalue weighted by Gasteiger charge is 2.02. The molecule has 2 heterocycles. The van der Waals surface area contributed by atoms with Crippen molar-refractivity contribution in [2.45, 2.75) is 17.6 Å². The van der Waals surface area contributed by atoms with Gasteiger partial charge in [0.25, 0.3) is 0 Å². The Kier molecular flexibility index (Phi) is 2.89. The van der Waals surface area contributed by atoms with Crippen LogP contribution in [0.3, 0.4) is 0 Å². The Balaban J connectivity index is 1.99. The van der Waals surface area contributed by atoms with Gasteiger partial charge in [0.1, 0.15) is 5.76 Å². The van der Waals surface area contributed by atoms with Crippen molar-refractivity contribution in [3.8, 4) is 0 Å². The molecular weight excluding hydrogens is 194 g/mol. The second-order valence-electron chi connectivity index (χ2n) is 2.95. The molecule has 2 aromatic heterocycles. The van der Waals surface area contributed by atoms with E-state index < -0.39 is 0 Å². The maximum Gasteiger partial charge on any atom is 0.114 e. The monoisotopic (exact) mass is 205 g/mol. The van der Waals surface area contributed by atoms with Gasteiger partial charge >= 0.3 is 0 Å². The van der Waals surface area contributed by atoms with Crippen LogP contribution >= 0.6 is 11.8 Å². The molecule has 0 aromatic carbocycles. The first-order chi connectivity index (χ1) is 6.86. The lowest BCUT2D eigenvalue weighted by atomic mass is 10.4. The third-order valence-electron chi connectivity index (χ3n) is 1.91. The number of rotatable bonds is 3. The first kappa shape index (κ1) is 9.34. The standard InChI is InChI=1S/C11H11NOS/c1-9-11(5-7-13-9)14-8-10-4-2-3-6-12-10/h2-7H,8H2,1H3. The zero-order chi connectivity index (χ0) is 9.80. The van der Waals surface area contributed by atoms with E-state index in [2.05, 4.69) is 4.98 Å². The largest absolute Gasteiger partial charge is 0.468 e. The van der Waals surface area contributed by atoms with Crippen molar-refractivity contribution in [2.24, 2.45) is 0 Å². The summed E-state index contributed by atoms with van der Waals surface area (Å²) in [5.41, 5.74) is 1.10. The summed E-state index contributed by atoms with van der Waals surface area (Å²) in [5.74, 6) is 1.87. The van der Waals surface area contributed by atoms with Gasteiger partial charge in [0, 0.05) is 16.8 Å². The normalized spacial score (nSPS) is 10.4. The van der Waals surface area contributed by atoms with E-state index >= 15 is 0 Å². The molecule has 0 aliphatic heterocycles. The molecule has 2 nitrogen and oxygen atoms in total. The fourth-order valence-electron chi connectivity index (χ4n) is 1.16. The lowest BCUT2D eigenvalue weighted by Crippen LogP contribution is -1.84. The summed E-state index contributed by atoms with van der Waals surface area (Å²) in [6, 6.07) is 7.95. The van der Waals surface area contributed by atoms with Crippen LogP contribution in [0.25, 0.3) is 0 Å². The van der Waals surface area contributed by atoms with Crippen LogP contribution in [-0.4, -0.2) is 4.98 Å². The number of hydrogen-bond donors (Lipinski definition) is 0. The van der Waals surface area contributed by atoms with Crippen molar-refractivity contribution >= 4 is 11.8 Å². The van der Waals surface area contributed by atoms with Crippen molar-refractivity contribution in [2.75, 3.05) is 0 Å². The second-order valence-corrected chi connectivity index (χ2v) is 3.97. The van der Waals surface area contributed by atoms with Gasteiger partial charge in [0.2, 0.25) is 0 Å². The minimum atomic E-state index is 0.890. The summed E-state index contributed by atoms with van der Waals surface area (Å²) in [7, 11) is 0. The molecule has 0 amide bonds. The highest BCUT2D eigenvalue weighted by molar-refractivity contribution is 7.98. The van der Waals surface area contributed by atoms with Crippen LogP contribution < -0.4 is 0 Å². The van der Waals surface area contributed by atoms with Gasteiger partial charge in [0.05, 0.1) is 12.0 Å². The molecule has 0 aliphatic rings. The van der Waals surface area contributed by atoms with Gasteiger partial charge in [-0.25, -0.2) is 0 Å². The lowest BCUT2D eigenvalue weighted by Gasteiger charge is -1.98. The first-order valence-corrected chi connectivity index (χ1v) is 5.41. The zero-order valence-corrected chi connectivity index (χ0v) is 8.75. The molecule has 0 saturated heterocycles. The Hall–Kier alpha value is -1.22. The Morgan fingerprint density at radius 1 is 1.36 bits per heavy atom. The van der Waals surface area contributed by atoms with E-state index in [0.29, 0.717) is 0 Å². The SMILES string of the molecule is Cc1occc1SCc1ccccn1. The van der Waals surface area contributed by atoms with Crippen LogP contribution in [0.15, 0.2) is 46.0 Å². The smallest absolute Gasteiger partial charge is 0.114 e. The number of thioether (sulfide) groups is 1. The van der Waals surface area contributed by atoms with Gasteiger partial charge in [-0.1, -0.05) is 6.07 Å². The fourth-order valence-corrected chi connectivity index (χ4v) is 2.04. The summed E-state index contributed by atoms with van der Waals surface area (Å²) >= 11 is 1.75. The molecule has 72 valence electrons. The Labute approximate surface area is 87.4 Å². The van der Waals surface area contributed by atoms with Gasteiger partial charge in [-0.3, -0.25) is 4.98 Å². The molecule has 0 radical (unpaired) electrons. The fraction of sp³-hybridized carbons (Fsp3) is 0.182. The molecule has 2 aromatic rings. The van der Waals surface area contributed by atoms with Crippen LogP contribution in [0.4, 0.5) is 0 Å². The lowest BCUT2D eigenvalue weighted by molar-refractivity contribution is 0.527. The summed E-state index contributed by atoms with van der Waals surface area (Å²) in [5, 5.41) is 0. The third kappa shape index (κ3) is 2.17. The van der Waals surface area contributed by atoms with Crippen LogP contribution in [0.2, 0.25) is 0 Å². The van der Waals surface area contributed by atoms with E-state index in [4.69, 9.17) is 4.42 Å². The predicted molar refractivity (Wildman–Crippen MR) is 57.2 cm³/mol. The third-order valence-corrected chi connectivity index (χ3v) is 3.09. The summed E-state index contributed by atoms with van der Waals surface area (Å²) in [4.78, 5) is 5.45. The molecule has 0 N–H and O–H groups in total. The molecule has 0 aliphatic carbocycles. The second kappa shape index (κ2) is 4.33. The molecule has 2 rings (SSSR count). The van der Waals surface area contributed by atoms with Gasteiger partial charge in [0.15, 0.2) is 0 Å².